The molecule has 9 nitrogen and oxygen atoms in total. The number of nitrogens with one attached hydrogen (secondary N) is 3. The van der Waals surface area contributed by atoms with Crippen LogP contribution in [0.5, 0.6) is 0 Å². The number of hydrogen-bond donors (Lipinski definition) is 4. The van der Waals surface area contributed by atoms with Crippen molar-refractivity contribution in [2.24, 2.45) is 11.8 Å². The maximum absolute atomic E-state index is 13.0. The summed E-state index contributed by atoms with van der Waals surface area (Å²) in [5, 5.41) is 20.8. The SMILES string of the molecule is CC(=O)N1CC(NC2CC(C(=O)N(C)C[C@H](O)CN3CCC4CCCCC4C3)NCN2)C1. The van der Waals surface area contributed by atoms with Crippen molar-refractivity contribution in [1.82, 2.24) is 30.7 Å². The summed E-state index contributed by atoms with van der Waals surface area (Å²) in [5.41, 5.74) is 0. The van der Waals surface area contributed by atoms with Gasteiger partial charge in [-0.1, -0.05) is 19.3 Å². The lowest BCUT2D eigenvalue weighted by Crippen LogP contribution is -2.67. The van der Waals surface area contributed by atoms with Crippen molar-refractivity contribution >= 4 is 11.8 Å². The lowest BCUT2D eigenvalue weighted by molar-refractivity contribution is -0.134. The summed E-state index contributed by atoms with van der Waals surface area (Å²) in [6.07, 6.45) is 6.87. The Kier molecular flexibility index (Phi) is 8.04. The fourth-order valence-electron chi connectivity index (χ4n) is 6.02. The number of rotatable bonds is 7. The van der Waals surface area contributed by atoms with Gasteiger partial charge in [-0.2, -0.15) is 0 Å². The van der Waals surface area contributed by atoms with Crippen LogP contribution in [0.2, 0.25) is 0 Å². The highest BCUT2D eigenvalue weighted by molar-refractivity contribution is 5.81. The molecule has 0 radical (unpaired) electrons. The zero-order chi connectivity index (χ0) is 22.7. The smallest absolute Gasteiger partial charge is 0.239 e. The highest BCUT2D eigenvalue weighted by Crippen LogP contribution is 2.36. The van der Waals surface area contributed by atoms with E-state index >= 15 is 0 Å². The standard InChI is InChI=1S/C23H42N6O3/c1-16(30)29-11-19(12-29)26-22-9-21(24-15-25-22)23(32)27(2)13-20(31)14-28-8-7-17-5-3-4-6-18(17)10-28/h17-22,24-26,31H,3-15H2,1-2H3/t17?,18?,20-,21?,22?/m0/s1. The minimum absolute atomic E-state index is 0.0299. The fourth-order valence-corrected chi connectivity index (χ4v) is 6.02. The van der Waals surface area contributed by atoms with Crippen LogP contribution in [0, 0.1) is 11.8 Å². The molecule has 0 aromatic rings. The van der Waals surface area contributed by atoms with Crippen molar-refractivity contribution in [2.75, 3.05) is 53.0 Å². The third kappa shape index (κ3) is 5.99. The third-order valence-electron chi connectivity index (χ3n) is 7.94. The largest absolute Gasteiger partial charge is 0.390 e. The Labute approximate surface area is 192 Å². The molecule has 0 bridgehead atoms. The molecule has 3 saturated heterocycles. The molecule has 2 amide bonds. The Bertz CT molecular complexity index is 658. The van der Waals surface area contributed by atoms with E-state index in [1.165, 1.54) is 32.1 Å². The predicted octanol–water partition coefficient (Wildman–Crippen LogP) is -0.627. The van der Waals surface area contributed by atoms with Gasteiger partial charge < -0.3 is 19.8 Å². The van der Waals surface area contributed by atoms with Gasteiger partial charge in [0.1, 0.15) is 0 Å². The monoisotopic (exact) mass is 450 g/mol. The van der Waals surface area contributed by atoms with Crippen molar-refractivity contribution in [3.8, 4) is 0 Å². The van der Waals surface area contributed by atoms with Gasteiger partial charge in [0.15, 0.2) is 0 Å². The first kappa shape index (κ1) is 23.9. The van der Waals surface area contributed by atoms with Gasteiger partial charge in [0, 0.05) is 65.8 Å². The normalized spacial score (nSPS) is 32.7. The number of carbonyl (C=O) groups is 2. The van der Waals surface area contributed by atoms with Crippen molar-refractivity contribution < 1.29 is 14.7 Å². The minimum Gasteiger partial charge on any atom is -0.390 e. The summed E-state index contributed by atoms with van der Waals surface area (Å²) in [5.74, 6) is 1.82. The summed E-state index contributed by atoms with van der Waals surface area (Å²) in [6.45, 7) is 6.79. The quantitative estimate of drug-likeness (QED) is 0.410. The number of amides is 2. The first-order chi connectivity index (χ1) is 15.4. The van der Waals surface area contributed by atoms with Crippen LogP contribution in [0.3, 0.4) is 0 Å². The van der Waals surface area contributed by atoms with Crippen LogP contribution in [0.1, 0.15) is 45.4 Å². The Morgan fingerprint density at radius 3 is 2.62 bits per heavy atom. The van der Waals surface area contributed by atoms with Gasteiger partial charge in [-0.25, -0.2) is 0 Å². The summed E-state index contributed by atoms with van der Waals surface area (Å²) in [6, 6.07) is 0.00558. The van der Waals surface area contributed by atoms with Crippen LogP contribution >= 0.6 is 0 Å². The van der Waals surface area contributed by atoms with Gasteiger partial charge in [-0.3, -0.25) is 25.5 Å². The van der Waals surface area contributed by atoms with Crippen LogP contribution in [0.25, 0.3) is 0 Å². The molecule has 4 N–H and O–H groups in total. The molecule has 1 aliphatic carbocycles. The number of β-amino-alcohol motifs (C(OH)–C–C–N with tert-alkyl or cyclic N) is 1. The number of aliphatic hydroxyl groups is 1. The van der Waals surface area contributed by atoms with Crippen LogP contribution in [0.15, 0.2) is 0 Å². The van der Waals surface area contributed by atoms with E-state index in [0.717, 1.165) is 38.0 Å². The molecule has 3 aliphatic heterocycles. The second-order valence-corrected chi connectivity index (χ2v) is 10.4. The maximum atomic E-state index is 13.0. The Morgan fingerprint density at radius 2 is 1.88 bits per heavy atom. The van der Waals surface area contributed by atoms with Gasteiger partial charge >= 0.3 is 0 Å². The average Bonchev–Trinajstić information content (AvgIpc) is 2.75. The van der Waals surface area contributed by atoms with Crippen molar-refractivity contribution in [3.63, 3.8) is 0 Å². The van der Waals surface area contributed by atoms with E-state index in [1.807, 2.05) is 4.90 Å². The molecule has 4 unspecified atom stereocenters. The Morgan fingerprint density at radius 1 is 1.12 bits per heavy atom. The lowest BCUT2D eigenvalue weighted by Gasteiger charge is -2.43. The first-order valence-corrected chi connectivity index (χ1v) is 12.5. The van der Waals surface area contributed by atoms with Crippen LogP contribution < -0.4 is 16.0 Å². The number of likely N-dealkylation sites (tertiary alicyclic amines) is 2. The minimum atomic E-state index is -0.521. The van der Waals surface area contributed by atoms with Crippen LogP contribution in [-0.4, -0.2) is 109 Å². The second kappa shape index (κ2) is 10.8. The van der Waals surface area contributed by atoms with Crippen molar-refractivity contribution in [1.29, 1.82) is 0 Å². The zero-order valence-corrected chi connectivity index (χ0v) is 19.8. The van der Waals surface area contributed by atoms with E-state index in [0.29, 0.717) is 26.2 Å². The molecule has 0 spiro atoms. The third-order valence-corrected chi connectivity index (χ3v) is 7.94. The van der Waals surface area contributed by atoms with Gasteiger partial charge in [0.05, 0.1) is 18.3 Å². The molecule has 182 valence electrons. The van der Waals surface area contributed by atoms with E-state index in [2.05, 4.69) is 20.9 Å². The summed E-state index contributed by atoms with van der Waals surface area (Å²) in [4.78, 5) is 30.3. The summed E-state index contributed by atoms with van der Waals surface area (Å²) in [7, 11) is 1.79. The van der Waals surface area contributed by atoms with Gasteiger partial charge in [-0.05, 0) is 31.2 Å². The first-order valence-electron chi connectivity index (χ1n) is 12.5. The molecule has 5 atom stereocenters. The van der Waals surface area contributed by atoms with E-state index in [-0.39, 0.29) is 30.1 Å². The molecule has 9 heteroatoms. The molecule has 1 saturated carbocycles. The number of likely N-dealkylation sites (N-methyl/N-ethyl adjacent to an activating group) is 1. The van der Waals surface area contributed by atoms with E-state index in [9.17, 15) is 14.7 Å². The van der Waals surface area contributed by atoms with Crippen LogP contribution in [0.4, 0.5) is 0 Å². The number of aliphatic hydroxyl groups excluding tert-OH is 1. The summed E-state index contributed by atoms with van der Waals surface area (Å²) >= 11 is 0. The summed E-state index contributed by atoms with van der Waals surface area (Å²) < 4.78 is 0. The number of fused-ring (bicyclic) bond motifs is 1. The van der Waals surface area contributed by atoms with Crippen molar-refractivity contribution in [2.45, 2.75) is 69.8 Å². The Balaban J connectivity index is 1.18. The molecule has 4 rings (SSSR count). The number of hydrogen-bond acceptors (Lipinski definition) is 7. The van der Waals surface area contributed by atoms with Gasteiger partial charge in [-0.15, -0.1) is 0 Å². The lowest BCUT2D eigenvalue weighted by atomic mass is 9.75. The molecule has 4 fully saturated rings. The molecule has 4 aliphatic rings. The van der Waals surface area contributed by atoms with Gasteiger partial charge in [0.25, 0.3) is 0 Å². The molecule has 3 heterocycles. The molecular weight excluding hydrogens is 408 g/mol. The molecule has 32 heavy (non-hydrogen) atoms. The van der Waals surface area contributed by atoms with E-state index < -0.39 is 6.10 Å². The van der Waals surface area contributed by atoms with Crippen molar-refractivity contribution in [3.05, 3.63) is 0 Å². The molecule has 0 aromatic carbocycles. The number of nitrogens with zero attached hydrogens (tertiary/aromatic N) is 3. The van der Waals surface area contributed by atoms with Gasteiger partial charge in [0.2, 0.25) is 11.8 Å². The number of piperidine rings is 1. The topological polar surface area (TPSA) is 100 Å². The zero-order valence-electron chi connectivity index (χ0n) is 19.8. The predicted molar refractivity (Wildman–Crippen MR) is 123 cm³/mol. The van der Waals surface area contributed by atoms with E-state index in [1.54, 1.807) is 18.9 Å². The van der Waals surface area contributed by atoms with E-state index in [4.69, 9.17) is 0 Å². The van der Waals surface area contributed by atoms with Crippen LogP contribution in [-0.2, 0) is 9.59 Å². The highest BCUT2D eigenvalue weighted by Gasteiger charge is 2.35. The fraction of sp³-hybridized carbons (Fsp3) is 0.913. The number of carbonyl (C=O) groups excluding carboxylic acids is 2. The Hall–Kier alpha value is -1.26. The highest BCUT2D eigenvalue weighted by atomic mass is 16.3. The molecular formula is C23H42N6O3. The second-order valence-electron chi connectivity index (χ2n) is 10.4. The maximum Gasteiger partial charge on any atom is 0.239 e. The molecule has 0 aromatic heterocycles. The average molecular weight is 451 g/mol.